The normalized spacial score (nSPS) is 17.3. The smallest absolute Gasteiger partial charge is 0.407 e. The van der Waals surface area contributed by atoms with Crippen molar-refractivity contribution < 1.29 is 19.4 Å². The molecule has 0 saturated carbocycles. The highest BCUT2D eigenvalue weighted by atomic mass is 16.5. The first-order valence-electron chi connectivity index (χ1n) is 13.4. The molecule has 0 radical (unpaired) electrons. The second-order valence-corrected chi connectivity index (χ2v) is 9.81. The van der Waals surface area contributed by atoms with Gasteiger partial charge < -0.3 is 24.8 Å². The van der Waals surface area contributed by atoms with Gasteiger partial charge in [-0.25, -0.2) is 14.8 Å². The molecule has 4 aromatic rings. The predicted molar refractivity (Wildman–Crippen MR) is 151 cm³/mol. The Hall–Kier alpha value is -4.01. The number of ether oxygens (including phenoxy) is 2. The van der Waals surface area contributed by atoms with Crippen LogP contribution in [0.4, 0.5) is 10.7 Å². The van der Waals surface area contributed by atoms with Crippen LogP contribution in [0.5, 0.6) is 0 Å². The number of anilines is 1. The van der Waals surface area contributed by atoms with Crippen LogP contribution in [0.1, 0.15) is 35.4 Å². The number of hydrogen-bond acceptors (Lipinski definition) is 6. The fourth-order valence-corrected chi connectivity index (χ4v) is 4.93. The van der Waals surface area contributed by atoms with E-state index in [1.54, 1.807) is 0 Å². The minimum absolute atomic E-state index is 0.0153. The van der Waals surface area contributed by atoms with Crippen LogP contribution in [-0.4, -0.2) is 58.4 Å². The molecule has 2 unspecified atom stereocenters. The minimum atomic E-state index is -0.920. The van der Waals surface area contributed by atoms with Gasteiger partial charge in [0.2, 0.25) is 5.95 Å². The first-order chi connectivity index (χ1) is 19.2. The van der Waals surface area contributed by atoms with Gasteiger partial charge in [-0.15, -0.1) is 0 Å². The van der Waals surface area contributed by atoms with Crippen LogP contribution in [0.15, 0.2) is 85.2 Å². The molecule has 8 nitrogen and oxygen atoms in total. The number of carboxylic acid groups (broad SMARTS) is 1. The summed E-state index contributed by atoms with van der Waals surface area (Å²) in [7, 11) is 0. The summed E-state index contributed by atoms with van der Waals surface area (Å²) in [5.74, 6) is 0.583. The first-order valence-corrected chi connectivity index (χ1v) is 13.4. The first kappa shape index (κ1) is 26.6. The van der Waals surface area contributed by atoms with Crippen LogP contribution in [0.2, 0.25) is 0 Å². The van der Waals surface area contributed by atoms with Crippen molar-refractivity contribution in [1.29, 1.82) is 0 Å². The van der Waals surface area contributed by atoms with Gasteiger partial charge in [-0.2, -0.15) is 0 Å². The summed E-state index contributed by atoms with van der Waals surface area (Å²) in [4.78, 5) is 22.1. The van der Waals surface area contributed by atoms with Gasteiger partial charge in [0.1, 0.15) is 0 Å². The monoisotopic (exact) mass is 526 g/mol. The highest BCUT2D eigenvalue weighted by Crippen LogP contribution is 2.31. The van der Waals surface area contributed by atoms with Crippen molar-refractivity contribution in [2.24, 2.45) is 0 Å². The van der Waals surface area contributed by atoms with Crippen molar-refractivity contribution in [3.8, 4) is 0 Å². The number of hydrogen-bond donors (Lipinski definition) is 2. The van der Waals surface area contributed by atoms with Gasteiger partial charge in [0.05, 0.1) is 25.9 Å². The maximum absolute atomic E-state index is 11.7. The molecule has 202 valence electrons. The van der Waals surface area contributed by atoms with Gasteiger partial charge in [-0.05, 0) is 46.4 Å². The van der Waals surface area contributed by atoms with E-state index in [2.05, 4.69) is 57.7 Å². The Balaban J connectivity index is 1.14. The van der Waals surface area contributed by atoms with Crippen molar-refractivity contribution in [2.45, 2.75) is 38.1 Å². The van der Waals surface area contributed by atoms with Gasteiger partial charge in [0, 0.05) is 38.0 Å². The number of rotatable bonds is 11. The average Bonchev–Trinajstić information content (AvgIpc) is 2.98. The molecule has 0 spiro atoms. The molecule has 0 aliphatic carbocycles. The molecule has 2 N–H and O–H groups in total. The van der Waals surface area contributed by atoms with Crippen molar-refractivity contribution in [3.63, 3.8) is 0 Å². The maximum Gasteiger partial charge on any atom is 0.407 e. The lowest BCUT2D eigenvalue weighted by Gasteiger charge is -2.37. The van der Waals surface area contributed by atoms with E-state index in [0.29, 0.717) is 51.8 Å². The van der Waals surface area contributed by atoms with Gasteiger partial charge in [-0.3, -0.25) is 0 Å². The number of aromatic nitrogens is 2. The SMILES string of the molecule is O=C(O)N1CCC(c2cnc(NCCCOCc3ccccc3)nc2)C(OCc2ccc3ccccc3c2)C1. The number of carbonyl (C=O) groups is 1. The second kappa shape index (κ2) is 13.2. The van der Waals surface area contributed by atoms with Crippen LogP contribution < -0.4 is 5.32 Å². The topological polar surface area (TPSA) is 96.8 Å². The van der Waals surface area contributed by atoms with Crippen molar-refractivity contribution in [3.05, 3.63) is 102 Å². The molecule has 1 aliphatic rings. The lowest BCUT2D eigenvalue weighted by molar-refractivity contribution is -0.0200. The van der Waals surface area contributed by atoms with Crippen LogP contribution in [0.3, 0.4) is 0 Å². The van der Waals surface area contributed by atoms with Gasteiger partial charge in [-0.1, -0.05) is 66.7 Å². The number of benzene rings is 3. The Morgan fingerprint density at radius 2 is 1.72 bits per heavy atom. The minimum Gasteiger partial charge on any atom is -0.465 e. The molecule has 8 heteroatoms. The van der Waals surface area contributed by atoms with Gasteiger partial charge >= 0.3 is 6.09 Å². The lowest BCUT2D eigenvalue weighted by Crippen LogP contribution is -2.46. The third-order valence-corrected chi connectivity index (χ3v) is 7.07. The zero-order valence-electron chi connectivity index (χ0n) is 21.9. The van der Waals surface area contributed by atoms with Crippen molar-refractivity contribution in [1.82, 2.24) is 14.9 Å². The second-order valence-electron chi connectivity index (χ2n) is 9.81. The summed E-state index contributed by atoms with van der Waals surface area (Å²) in [6, 6.07) is 24.6. The Morgan fingerprint density at radius 1 is 0.949 bits per heavy atom. The Labute approximate surface area is 228 Å². The molecule has 1 aliphatic heterocycles. The Bertz CT molecular complexity index is 1350. The van der Waals surface area contributed by atoms with Crippen LogP contribution >= 0.6 is 0 Å². The van der Waals surface area contributed by atoms with Crippen LogP contribution in [0.25, 0.3) is 10.8 Å². The molecule has 1 amide bonds. The summed E-state index contributed by atoms with van der Waals surface area (Å²) in [6.07, 6.45) is 3.95. The van der Waals surface area contributed by atoms with Crippen molar-refractivity contribution >= 4 is 22.8 Å². The van der Waals surface area contributed by atoms with E-state index in [4.69, 9.17) is 9.47 Å². The largest absolute Gasteiger partial charge is 0.465 e. The van der Waals surface area contributed by atoms with E-state index in [1.807, 2.05) is 42.7 Å². The zero-order chi connectivity index (χ0) is 26.9. The number of likely N-dealkylation sites (tertiary alicyclic amines) is 1. The molecular formula is C31H34N4O4. The fraction of sp³-hybridized carbons (Fsp3) is 0.323. The van der Waals surface area contributed by atoms with E-state index in [-0.39, 0.29) is 12.0 Å². The fourth-order valence-electron chi connectivity index (χ4n) is 4.93. The van der Waals surface area contributed by atoms with Crippen molar-refractivity contribution in [2.75, 3.05) is 31.6 Å². The number of amides is 1. The highest BCUT2D eigenvalue weighted by molar-refractivity contribution is 5.82. The quantitative estimate of drug-likeness (QED) is 0.242. The number of nitrogens with one attached hydrogen (secondary N) is 1. The summed E-state index contributed by atoms with van der Waals surface area (Å²) in [5.41, 5.74) is 3.18. The molecule has 0 bridgehead atoms. The standard InChI is InChI=1S/C31H34N4O4/c36-31(37)35-15-13-28(29(20-35)39-22-24-11-12-25-9-4-5-10-26(25)17-24)27-18-33-30(34-19-27)32-14-6-16-38-21-23-7-2-1-3-8-23/h1-5,7-12,17-19,28-29H,6,13-16,20-22H2,(H,36,37)(H,32,33,34). The number of nitrogens with zero attached hydrogens (tertiary/aromatic N) is 3. The van der Waals surface area contributed by atoms with Gasteiger partial charge in [0.15, 0.2) is 0 Å². The number of fused-ring (bicyclic) bond motifs is 1. The summed E-state index contributed by atoms with van der Waals surface area (Å²) >= 11 is 0. The molecule has 2 heterocycles. The summed E-state index contributed by atoms with van der Waals surface area (Å²) in [6.45, 7) is 3.15. The van der Waals surface area contributed by atoms with E-state index >= 15 is 0 Å². The van der Waals surface area contributed by atoms with E-state index < -0.39 is 6.09 Å². The van der Waals surface area contributed by atoms with Gasteiger partial charge in [0.25, 0.3) is 0 Å². The molecule has 1 fully saturated rings. The highest BCUT2D eigenvalue weighted by Gasteiger charge is 2.33. The Morgan fingerprint density at radius 3 is 2.51 bits per heavy atom. The molecule has 2 atom stereocenters. The van der Waals surface area contributed by atoms with Crippen LogP contribution in [0, 0.1) is 0 Å². The predicted octanol–water partition coefficient (Wildman–Crippen LogP) is 5.70. The number of piperidine rings is 1. The molecule has 5 rings (SSSR count). The maximum atomic E-state index is 11.7. The summed E-state index contributed by atoms with van der Waals surface area (Å²) in [5, 5.41) is 15.2. The lowest BCUT2D eigenvalue weighted by atomic mass is 9.88. The molecule has 1 aromatic heterocycles. The third-order valence-electron chi connectivity index (χ3n) is 7.07. The summed E-state index contributed by atoms with van der Waals surface area (Å²) < 4.78 is 12.1. The molecular weight excluding hydrogens is 492 g/mol. The zero-order valence-corrected chi connectivity index (χ0v) is 21.9. The Kier molecular flexibility index (Phi) is 8.98. The average molecular weight is 527 g/mol. The van der Waals surface area contributed by atoms with E-state index in [0.717, 1.165) is 28.5 Å². The van der Waals surface area contributed by atoms with E-state index in [9.17, 15) is 9.90 Å². The third kappa shape index (κ3) is 7.31. The molecule has 1 saturated heterocycles. The van der Waals surface area contributed by atoms with Crippen LogP contribution in [-0.2, 0) is 22.7 Å². The van der Waals surface area contributed by atoms with E-state index in [1.165, 1.54) is 10.3 Å². The molecule has 3 aromatic carbocycles. The molecule has 39 heavy (non-hydrogen) atoms.